The number of hydrazine groups is 1. The number of hydrogen-bond donors (Lipinski definition) is 4. The van der Waals surface area contributed by atoms with E-state index in [1.165, 1.54) is 0 Å². The number of aliphatic carboxylic acids is 1. The van der Waals surface area contributed by atoms with Crippen molar-refractivity contribution in [3.63, 3.8) is 0 Å². The topological polar surface area (TPSA) is 122 Å². The zero-order chi connectivity index (χ0) is 22.4. The van der Waals surface area contributed by atoms with Crippen LogP contribution in [0.2, 0.25) is 0 Å². The molecule has 2 saturated heterocycles. The van der Waals surface area contributed by atoms with Gasteiger partial charge in [0.05, 0.1) is 23.3 Å². The summed E-state index contributed by atoms with van der Waals surface area (Å²) in [6.07, 6.45) is 3.46. The summed E-state index contributed by atoms with van der Waals surface area (Å²) in [6, 6.07) is 11.2. The Bertz CT molecular complexity index is 938. The van der Waals surface area contributed by atoms with Crippen LogP contribution in [-0.4, -0.2) is 48.3 Å². The Hall–Kier alpha value is -3.01. The lowest BCUT2D eigenvalue weighted by Gasteiger charge is -2.33. The number of carbonyl (C=O) groups is 2. The Morgan fingerprint density at radius 2 is 2.09 bits per heavy atom. The number of carbonyl (C=O) groups excluding carboxylic acids is 1. The van der Waals surface area contributed by atoms with Gasteiger partial charge in [0.1, 0.15) is 12.4 Å². The van der Waals surface area contributed by atoms with E-state index in [0.717, 1.165) is 24.2 Å². The van der Waals surface area contributed by atoms with Gasteiger partial charge in [-0.25, -0.2) is 5.43 Å². The average molecular weight is 441 g/mol. The molecule has 0 saturated carbocycles. The third-order valence-electron chi connectivity index (χ3n) is 6.04. The minimum atomic E-state index is -0.974. The Morgan fingerprint density at radius 1 is 1.25 bits per heavy atom. The molecule has 2 aliphatic heterocycles. The molecule has 4 rings (SSSR count). The van der Waals surface area contributed by atoms with E-state index in [4.69, 9.17) is 9.47 Å². The molecule has 1 atom stereocenters. The molecule has 0 spiro atoms. The lowest BCUT2D eigenvalue weighted by atomic mass is 9.80. The van der Waals surface area contributed by atoms with E-state index in [0.29, 0.717) is 44.0 Å². The lowest BCUT2D eigenvalue weighted by Crippen LogP contribution is -2.46. The van der Waals surface area contributed by atoms with Crippen molar-refractivity contribution in [2.75, 3.05) is 26.3 Å². The molecule has 0 aliphatic carbocycles. The van der Waals surface area contributed by atoms with E-state index < -0.39 is 11.4 Å². The number of rotatable bonds is 8. The van der Waals surface area contributed by atoms with Gasteiger partial charge in [-0.2, -0.15) is 0 Å². The van der Waals surface area contributed by atoms with Crippen LogP contribution in [0.4, 0.5) is 0 Å². The number of nitrogens with one attached hydrogen (secondary N) is 3. The molecule has 2 fully saturated rings. The van der Waals surface area contributed by atoms with Gasteiger partial charge in [-0.15, -0.1) is 0 Å². The number of nitrogens with zero attached hydrogens (tertiary/aromatic N) is 1. The maximum absolute atomic E-state index is 12.6. The van der Waals surface area contributed by atoms with E-state index >= 15 is 0 Å². The van der Waals surface area contributed by atoms with E-state index in [-0.39, 0.29) is 18.5 Å². The number of ether oxygens (including phenoxy) is 2. The zero-order valence-electron chi connectivity index (χ0n) is 17.8. The first-order chi connectivity index (χ1) is 15.6. The first kappa shape index (κ1) is 22.2. The third kappa shape index (κ3) is 5.24. The third-order valence-corrected chi connectivity index (χ3v) is 6.04. The second-order valence-corrected chi connectivity index (χ2v) is 8.20. The van der Waals surface area contributed by atoms with Gasteiger partial charge in [-0.1, -0.05) is 12.1 Å². The SMILES string of the molecule is O=C(NCC1(C(=O)O)CCOCC1)c1cccc(COc2ccc(C3CCNN3)nc2)c1. The molecule has 1 amide bonds. The Labute approximate surface area is 186 Å². The van der Waals surface area contributed by atoms with Gasteiger partial charge in [-0.3, -0.25) is 20.0 Å². The van der Waals surface area contributed by atoms with Crippen molar-refractivity contribution in [2.45, 2.75) is 31.9 Å². The van der Waals surface area contributed by atoms with Crippen LogP contribution in [0.1, 0.15) is 46.9 Å². The average Bonchev–Trinajstić information content (AvgIpc) is 3.37. The molecule has 0 bridgehead atoms. The first-order valence-corrected chi connectivity index (χ1v) is 10.8. The Morgan fingerprint density at radius 3 is 2.78 bits per heavy atom. The van der Waals surface area contributed by atoms with Crippen LogP contribution in [0.15, 0.2) is 42.6 Å². The maximum atomic E-state index is 12.6. The van der Waals surface area contributed by atoms with Crippen molar-refractivity contribution >= 4 is 11.9 Å². The summed E-state index contributed by atoms with van der Waals surface area (Å²) in [4.78, 5) is 28.9. The van der Waals surface area contributed by atoms with Crippen LogP contribution < -0.4 is 20.9 Å². The van der Waals surface area contributed by atoms with Crippen molar-refractivity contribution in [1.82, 2.24) is 21.2 Å². The zero-order valence-corrected chi connectivity index (χ0v) is 17.8. The van der Waals surface area contributed by atoms with Crippen LogP contribution in [0.3, 0.4) is 0 Å². The molecule has 2 aromatic rings. The highest BCUT2D eigenvalue weighted by molar-refractivity contribution is 5.94. The molecular formula is C23H28N4O5. The molecule has 1 aromatic carbocycles. The quantitative estimate of drug-likeness (QED) is 0.490. The summed E-state index contributed by atoms with van der Waals surface area (Å²) >= 11 is 0. The molecule has 32 heavy (non-hydrogen) atoms. The van der Waals surface area contributed by atoms with Gasteiger partial charge in [0, 0.05) is 31.9 Å². The summed E-state index contributed by atoms with van der Waals surface area (Å²) in [6.45, 7) is 2.06. The minimum Gasteiger partial charge on any atom is -0.487 e. The van der Waals surface area contributed by atoms with Crippen LogP contribution in [0.5, 0.6) is 5.75 Å². The van der Waals surface area contributed by atoms with Gasteiger partial charge in [0.15, 0.2) is 0 Å². The fourth-order valence-electron chi connectivity index (χ4n) is 3.94. The molecule has 0 radical (unpaired) electrons. The molecule has 9 heteroatoms. The number of hydrogen-bond acceptors (Lipinski definition) is 7. The largest absolute Gasteiger partial charge is 0.487 e. The first-order valence-electron chi connectivity index (χ1n) is 10.8. The second-order valence-electron chi connectivity index (χ2n) is 8.20. The fraction of sp³-hybridized carbons (Fsp3) is 0.435. The predicted octanol–water partition coefficient (Wildman–Crippen LogP) is 1.81. The van der Waals surface area contributed by atoms with Crippen molar-refractivity contribution in [2.24, 2.45) is 5.41 Å². The van der Waals surface area contributed by atoms with E-state index in [1.54, 1.807) is 24.4 Å². The van der Waals surface area contributed by atoms with Gasteiger partial charge in [-0.05, 0) is 49.1 Å². The van der Waals surface area contributed by atoms with Gasteiger partial charge < -0.3 is 19.9 Å². The number of amides is 1. The van der Waals surface area contributed by atoms with Crippen molar-refractivity contribution in [3.05, 3.63) is 59.4 Å². The molecule has 2 aliphatic rings. The number of aromatic nitrogens is 1. The Balaban J connectivity index is 1.32. The summed E-state index contributed by atoms with van der Waals surface area (Å²) in [5.41, 5.74) is 7.56. The smallest absolute Gasteiger partial charge is 0.311 e. The monoisotopic (exact) mass is 440 g/mol. The van der Waals surface area contributed by atoms with Crippen molar-refractivity contribution < 1.29 is 24.2 Å². The number of pyridine rings is 1. The standard InChI is InChI=1S/C23H28N4O5/c28-21(25-15-23(22(29)30)7-10-31-11-8-23)17-3-1-2-16(12-17)14-32-18-4-5-19(24-13-18)20-6-9-26-27-20/h1-5,12-13,20,26-27H,6-11,14-15H2,(H,25,28)(H,29,30). The fourth-order valence-corrected chi connectivity index (χ4v) is 3.94. The second kappa shape index (κ2) is 10.1. The van der Waals surface area contributed by atoms with Crippen LogP contribution in [0.25, 0.3) is 0 Å². The summed E-state index contributed by atoms with van der Waals surface area (Å²) in [5, 5.41) is 12.4. The van der Waals surface area contributed by atoms with Gasteiger partial charge in [0.25, 0.3) is 5.91 Å². The van der Waals surface area contributed by atoms with Gasteiger partial charge in [0.2, 0.25) is 0 Å². The number of benzene rings is 1. The van der Waals surface area contributed by atoms with Gasteiger partial charge >= 0.3 is 5.97 Å². The maximum Gasteiger partial charge on any atom is 0.311 e. The molecule has 170 valence electrons. The van der Waals surface area contributed by atoms with Crippen LogP contribution >= 0.6 is 0 Å². The molecule has 1 unspecified atom stereocenters. The molecule has 4 N–H and O–H groups in total. The Kier molecular flexibility index (Phi) is 6.99. The van der Waals surface area contributed by atoms with E-state index in [2.05, 4.69) is 21.2 Å². The predicted molar refractivity (Wildman–Crippen MR) is 116 cm³/mol. The van der Waals surface area contributed by atoms with Crippen LogP contribution in [0, 0.1) is 5.41 Å². The van der Waals surface area contributed by atoms with Crippen molar-refractivity contribution in [3.8, 4) is 5.75 Å². The van der Waals surface area contributed by atoms with Crippen molar-refractivity contribution in [1.29, 1.82) is 0 Å². The number of carboxylic acids is 1. The highest BCUT2D eigenvalue weighted by atomic mass is 16.5. The molecule has 9 nitrogen and oxygen atoms in total. The minimum absolute atomic E-state index is 0.0780. The highest BCUT2D eigenvalue weighted by Crippen LogP contribution is 2.30. The molecule has 1 aromatic heterocycles. The summed E-state index contributed by atoms with van der Waals surface area (Å²) < 4.78 is 11.1. The number of carboxylic acid groups (broad SMARTS) is 1. The van der Waals surface area contributed by atoms with E-state index in [9.17, 15) is 14.7 Å². The van der Waals surface area contributed by atoms with E-state index in [1.807, 2.05) is 18.2 Å². The highest BCUT2D eigenvalue weighted by Gasteiger charge is 2.40. The lowest BCUT2D eigenvalue weighted by molar-refractivity contribution is -0.154. The molecule has 3 heterocycles. The summed E-state index contributed by atoms with van der Waals surface area (Å²) in [7, 11) is 0. The normalized spacial score (nSPS) is 19.9. The summed E-state index contributed by atoms with van der Waals surface area (Å²) in [5.74, 6) is -0.553. The van der Waals surface area contributed by atoms with Crippen LogP contribution in [-0.2, 0) is 16.1 Å². The molecular weight excluding hydrogens is 412 g/mol.